The van der Waals surface area contributed by atoms with Crippen molar-refractivity contribution in [2.45, 2.75) is 38.3 Å². The molecule has 1 aliphatic rings. The molecular formula is C20H21F3N2O. The number of alkyl halides is 3. The third-order valence-electron chi connectivity index (χ3n) is 4.71. The molecule has 0 N–H and O–H groups in total. The number of benzene rings is 1. The van der Waals surface area contributed by atoms with Crippen LogP contribution in [0.2, 0.25) is 0 Å². The van der Waals surface area contributed by atoms with Crippen LogP contribution in [-0.2, 0) is 12.6 Å². The van der Waals surface area contributed by atoms with Gasteiger partial charge in [0.05, 0.1) is 5.56 Å². The Morgan fingerprint density at radius 3 is 2.42 bits per heavy atom. The maximum atomic E-state index is 13.1. The van der Waals surface area contributed by atoms with Crippen molar-refractivity contribution in [3.8, 4) is 0 Å². The highest BCUT2D eigenvalue weighted by Crippen LogP contribution is 2.34. The molecule has 3 rings (SSSR count). The Kier molecular flexibility index (Phi) is 5.59. The summed E-state index contributed by atoms with van der Waals surface area (Å²) in [7, 11) is 0. The summed E-state index contributed by atoms with van der Waals surface area (Å²) < 4.78 is 39.2. The van der Waals surface area contributed by atoms with Crippen molar-refractivity contribution >= 4 is 11.5 Å². The number of pyridine rings is 1. The fourth-order valence-corrected chi connectivity index (χ4v) is 3.35. The molecule has 0 radical (unpaired) electrons. The molecule has 6 heteroatoms. The number of aryl methyl sites for hydroxylation is 1. The number of hydrogen-bond donors (Lipinski definition) is 0. The van der Waals surface area contributed by atoms with Crippen LogP contribution in [0.5, 0.6) is 0 Å². The van der Waals surface area contributed by atoms with Crippen molar-refractivity contribution in [2.75, 3.05) is 18.0 Å². The molecule has 1 saturated heterocycles. The molecule has 0 bridgehead atoms. The van der Waals surface area contributed by atoms with E-state index in [4.69, 9.17) is 0 Å². The maximum Gasteiger partial charge on any atom is 0.416 e. The van der Waals surface area contributed by atoms with E-state index < -0.39 is 11.7 Å². The molecule has 0 saturated carbocycles. The minimum atomic E-state index is -4.36. The Morgan fingerprint density at radius 2 is 1.77 bits per heavy atom. The van der Waals surface area contributed by atoms with Crippen molar-refractivity contribution < 1.29 is 18.0 Å². The van der Waals surface area contributed by atoms with E-state index in [-0.39, 0.29) is 5.78 Å². The Balaban J connectivity index is 1.73. The lowest BCUT2D eigenvalue weighted by atomic mass is 9.99. The van der Waals surface area contributed by atoms with Gasteiger partial charge in [-0.15, -0.1) is 0 Å². The highest BCUT2D eigenvalue weighted by molar-refractivity contribution is 5.95. The third-order valence-corrected chi connectivity index (χ3v) is 4.71. The van der Waals surface area contributed by atoms with Gasteiger partial charge in [0, 0.05) is 43.2 Å². The molecule has 0 unspecified atom stereocenters. The first kappa shape index (κ1) is 18.4. The first-order valence-electron chi connectivity index (χ1n) is 8.83. The average molecular weight is 362 g/mol. The summed E-state index contributed by atoms with van der Waals surface area (Å²) in [5, 5.41) is 0. The van der Waals surface area contributed by atoms with Gasteiger partial charge in [-0.05, 0) is 61.6 Å². The second-order valence-corrected chi connectivity index (χ2v) is 6.55. The van der Waals surface area contributed by atoms with E-state index in [9.17, 15) is 18.0 Å². The van der Waals surface area contributed by atoms with Crippen LogP contribution in [-0.4, -0.2) is 23.9 Å². The topological polar surface area (TPSA) is 33.2 Å². The van der Waals surface area contributed by atoms with E-state index in [2.05, 4.69) is 9.88 Å². The van der Waals surface area contributed by atoms with E-state index >= 15 is 0 Å². The van der Waals surface area contributed by atoms with Crippen molar-refractivity contribution in [2.24, 2.45) is 0 Å². The zero-order chi connectivity index (χ0) is 18.6. The van der Waals surface area contributed by atoms with E-state index in [0.717, 1.165) is 37.7 Å². The first-order valence-corrected chi connectivity index (χ1v) is 8.83. The van der Waals surface area contributed by atoms with Gasteiger partial charge >= 0.3 is 6.18 Å². The van der Waals surface area contributed by atoms with Gasteiger partial charge in [0.25, 0.3) is 0 Å². The molecule has 138 valence electrons. The lowest BCUT2D eigenvalue weighted by Crippen LogP contribution is -2.20. The van der Waals surface area contributed by atoms with Crippen LogP contribution >= 0.6 is 0 Å². The summed E-state index contributed by atoms with van der Waals surface area (Å²) >= 11 is 0. The van der Waals surface area contributed by atoms with Crippen LogP contribution in [0, 0.1) is 0 Å². The van der Waals surface area contributed by atoms with E-state index in [1.807, 2.05) is 0 Å². The quantitative estimate of drug-likeness (QED) is 0.685. The van der Waals surface area contributed by atoms with Crippen LogP contribution in [0.3, 0.4) is 0 Å². The Labute approximate surface area is 150 Å². The van der Waals surface area contributed by atoms with Gasteiger partial charge < -0.3 is 4.90 Å². The molecule has 1 aliphatic heterocycles. The lowest BCUT2D eigenvalue weighted by Gasteiger charge is -2.22. The van der Waals surface area contributed by atoms with Crippen molar-refractivity contribution in [3.63, 3.8) is 0 Å². The number of rotatable bonds is 6. The first-order chi connectivity index (χ1) is 12.4. The molecule has 1 aromatic heterocycles. The fraction of sp³-hybridized carbons (Fsp3) is 0.400. The SMILES string of the molecule is O=C(CCCc1cc(C(F)(F)F)ccc1N1CCCC1)c1ccncc1. The second-order valence-electron chi connectivity index (χ2n) is 6.55. The number of anilines is 1. The van der Waals surface area contributed by atoms with Crippen LogP contribution < -0.4 is 4.90 Å². The van der Waals surface area contributed by atoms with Crippen LogP contribution in [0.4, 0.5) is 18.9 Å². The largest absolute Gasteiger partial charge is 0.416 e. The maximum absolute atomic E-state index is 13.1. The summed E-state index contributed by atoms with van der Waals surface area (Å²) in [5.41, 5.74) is 1.50. The van der Waals surface area contributed by atoms with Crippen LogP contribution in [0.25, 0.3) is 0 Å². The van der Waals surface area contributed by atoms with Gasteiger partial charge in [0.2, 0.25) is 0 Å². The smallest absolute Gasteiger partial charge is 0.371 e. The molecule has 0 spiro atoms. The summed E-state index contributed by atoms with van der Waals surface area (Å²) in [6.07, 6.45) is 2.15. The van der Waals surface area contributed by atoms with Crippen molar-refractivity contribution in [1.82, 2.24) is 4.98 Å². The molecule has 0 amide bonds. The van der Waals surface area contributed by atoms with Gasteiger partial charge in [-0.25, -0.2) is 0 Å². The van der Waals surface area contributed by atoms with Gasteiger partial charge in [-0.1, -0.05) is 0 Å². The number of hydrogen-bond acceptors (Lipinski definition) is 3. The number of halogens is 3. The predicted molar refractivity (Wildman–Crippen MR) is 94.4 cm³/mol. The molecule has 2 heterocycles. The number of nitrogens with zero attached hydrogens (tertiary/aromatic N) is 2. The van der Waals surface area contributed by atoms with Gasteiger partial charge in [0.1, 0.15) is 0 Å². The Bertz CT molecular complexity index is 753. The summed E-state index contributed by atoms with van der Waals surface area (Å²) in [6, 6.07) is 7.28. The van der Waals surface area contributed by atoms with Crippen molar-refractivity contribution in [1.29, 1.82) is 0 Å². The fourth-order valence-electron chi connectivity index (χ4n) is 3.35. The highest BCUT2D eigenvalue weighted by Gasteiger charge is 2.31. The summed E-state index contributed by atoms with van der Waals surface area (Å²) in [4.78, 5) is 18.2. The Hall–Kier alpha value is -2.37. The normalized spacial score (nSPS) is 14.7. The number of carbonyl (C=O) groups is 1. The number of ketones is 1. The average Bonchev–Trinajstić information content (AvgIpc) is 3.16. The highest BCUT2D eigenvalue weighted by atomic mass is 19.4. The van der Waals surface area contributed by atoms with Crippen LogP contribution in [0.1, 0.15) is 47.2 Å². The molecule has 0 aliphatic carbocycles. The summed E-state index contributed by atoms with van der Waals surface area (Å²) in [6.45, 7) is 1.74. The monoisotopic (exact) mass is 362 g/mol. The standard InChI is InChI=1S/C20H21F3N2O/c21-20(22,23)17-6-7-18(25-12-1-2-13-25)16(14-17)4-3-5-19(26)15-8-10-24-11-9-15/h6-11,14H,1-5,12-13H2. The minimum Gasteiger partial charge on any atom is -0.371 e. The molecule has 0 atom stereocenters. The number of aromatic nitrogens is 1. The minimum absolute atomic E-state index is 0.0119. The van der Waals surface area contributed by atoms with Gasteiger partial charge in [-0.3, -0.25) is 9.78 Å². The van der Waals surface area contributed by atoms with Crippen molar-refractivity contribution in [3.05, 3.63) is 59.4 Å². The molecular weight excluding hydrogens is 341 g/mol. The van der Waals surface area contributed by atoms with E-state index in [0.29, 0.717) is 30.4 Å². The molecule has 3 nitrogen and oxygen atoms in total. The second kappa shape index (κ2) is 7.89. The lowest BCUT2D eigenvalue weighted by molar-refractivity contribution is -0.137. The van der Waals surface area contributed by atoms with Crippen LogP contribution in [0.15, 0.2) is 42.7 Å². The number of Topliss-reactive ketones (excluding diaryl/α,β-unsaturated/α-hetero) is 1. The van der Waals surface area contributed by atoms with E-state index in [1.165, 1.54) is 6.07 Å². The predicted octanol–water partition coefficient (Wildman–Crippen LogP) is 4.91. The molecule has 26 heavy (non-hydrogen) atoms. The zero-order valence-electron chi connectivity index (χ0n) is 14.4. The summed E-state index contributed by atoms with van der Waals surface area (Å²) in [5.74, 6) is -0.0119. The van der Waals surface area contributed by atoms with Gasteiger partial charge in [-0.2, -0.15) is 13.2 Å². The molecule has 2 aromatic rings. The molecule has 1 aromatic carbocycles. The van der Waals surface area contributed by atoms with E-state index in [1.54, 1.807) is 30.6 Å². The zero-order valence-corrected chi connectivity index (χ0v) is 14.4. The number of carbonyl (C=O) groups excluding carboxylic acids is 1. The Morgan fingerprint density at radius 1 is 1.08 bits per heavy atom. The molecule has 1 fully saturated rings. The van der Waals surface area contributed by atoms with Gasteiger partial charge in [0.15, 0.2) is 5.78 Å². The third kappa shape index (κ3) is 4.42.